The summed E-state index contributed by atoms with van der Waals surface area (Å²) < 4.78 is 30.1. The quantitative estimate of drug-likeness (QED) is 0.243. The molecular weight excluding hydrogens is 399 g/mol. The number of rotatable bonds is 8. The number of halogens is 3. The second kappa shape index (κ2) is 8.50. The Morgan fingerprint density at radius 1 is 1.43 bits per heavy atom. The van der Waals surface area contributed by atoms with Crippen molar-refractivity contribution in [1.29, 1.82) is 0 Å². The Morgan fingerprint density at radius 3 is 2.43 bits per heavy atom. The van der Waals surface area contributed by atoms with E-state index in [0.29, 0.717) is 0 Å². The van der Waals surface area contributed by atoms with Gasteiger partial charge in [0.15, 0.2) is 0 Å². The number of nitrogens with one attached hydrogen (secondary N) is 1. The summed E-state index contributed by atoms with van der Waals surface area (Å²) in [5.41, 5.74) is -0.778. The van der Waals surface area contributed by atoms with Gasteiger partial charge in [0, 0.05) is 0 Å². The van der Waals surface area contributed by atoms with Gasteiger partial charge in [0.2, 0.25) is 0 Å². The first-order valence-corrected chi connectivity index (χ1v) is 9.03. The van der Waals surface area contributed by atoms with Gasteiger partial charge in [-0.1, -0.05) is 0 Å². The van der Waals surface area contributed by atoms with Crippen molar-refractivity contribution in [2.75, 3.05) is 4.43 Å². The van der Waals surface area contributed by atoms with Crippen molar-refractivity contribution in [1.82, 2.24) is 5.32 Å². The molecule has 8 heteroatoms. The molecule has 0 aliphatic heterocycles. The Hall–Kier alpha value is -0.930. The molecule has 0 aliphatic carbocycles. The number of alkyl carbamates (subject to hydrolysis) is 1. The van der Waals surface area contributed by atoms with Gasteiger partial charge in [0.1, 0.15) is 0 Å². The molecular formula is C13H21F2INO4-. The molecule has 0 rings (SSSR count). The molecule has 0 spiro atoms. The van der Waals surface area contributed by atoms with Crippen molar-refractivity contribution in [2.24, 2.45) is 0 Å². The van der Waals surface area contributed by atoms with E-state index in [1.165, 1.54) is 6.08 Å². The second-order valence-electron chi connectivity index (χ2n) is 5.32. The number of alkyl halides is 4. The summed E-state index contributed by atoms with van der Waals surface area (Å²) in [5.74, 6) is -4.27. The van der Waals surface area contributed by atoms with Crippen molar-refractivity contribution in [3.8, 4) is 0 Å². The Kier molecular flexibility index (Phi) is 8.12. The first-order chi connectivity index (χ1) is 9.47. The van der Waals surface area contributed by atoms with E-state index in [4.69, 9.17) is 9.84 Å². The molecule has 0 aromatic carbocycles. The first-order valence-electron chi connectivity index (χ1n) is 6.25. The summed E-state index contributed by atoms with van der Waals surface area (Å²) in [6, 6.07) is 0. The monoisotopic (exact) mass is 420 g/mol. The van der Waals surface area contributed by atoms with Gasteiger partial charge in [-0.15, -0.1) is 0 Å². The van der Waals surface area contributed by atoms with E-state index in [1.54, 1.807) is 20.8 Å². The zero-order chi connectivity index (χ0) is 16.7. The zero-order valence-electron chi connectivity index (χ0n) is 12.3. The summed E-state index contributed by atoms with van der Waals surface area (Å²) in [6.45, 7) is 8.25. The molecule has 0 fully saturated rings. The van der Waals surface area contributed by atoms with Crippen LogP contribution >= 0.6 is 0 Å². The van der Waals surface area contributed by atoms with Gasteiger partial charge in [-0.3, -0.25) is 0 Å². The van der Waals surface area contributed by atoms with Crippen LogP contribution in [0.5, 0.6) is 0 Å². The molecule has 1 atom stereocenters. The van der Waals surface area contributed by atoms with E-state index in [9.17, 15) is 18.4 Å². The average molecular weight is 420 g/mol. The first kappa shape index (κ1) is 20.1. The van der Waals surface area contributed by atoms with E-state index in [0.717, 1.165) is 0 Å². The minimum atomic E-state index is -2.94. The number of carboxylic acid groups (broad SMARTS) is 1. The van der Waals surface area contributed by atoms with E-state index < -0.39 is 53.3 Å². The summed E-state index contributed by atoms with van der Waals surface area (Å²) in [6.07, 6.45) is 0.270. The number of hydrogen-bond acceptors (Lipinski definition) is 3. The fourth-order valence-electron chi connectivity index (χ4n) is 1.15. The number of allylic oxidation sites excluding steroid dienone is 1. The molecule has 0 heterocycles. The molecule has 0 aliphatic rings. The van der Waals surface area contributed by atoms with Gasteiger partial charge in [0.25, 0.3) is 0 Å². The van der Waals surface area contributed by atoms with Gasteiger partial charge in [0.05, 0.1) is 0 Å². The molecule has 5 nitrogen and oxygen atoms in total. The number of carbonyl (C=O) groups excluding carboxylic acids is 1. The predicted octanol–water partition coefficient (Wildman–Crippen LogP) is -0.388. The van der Waals surface area contributed by atoms with E-state index >= 15 is 0 Å². The molecule has 0 aromatic heterocycles. The molecule has 1 amide bonds. The number of amides is 1. The summed E-state index contributed by atoms with van der Waals surface area (Å²) >= 11 is -1.46. The standard InChI is InChI=1S/C13H21F2INO4/c1-5-6-7-13(14,15)8-16-9(10(18)19)17-11(20)21-12(2,3)4/h5,9H,1,6-8H2,2-4H3,(H,17,20)(H,18,19)/q-1/t9-/m0/s1. The summed E-state index contributed by atoms with van der Waals surface area (Å²) in [5, 5.41) is 11.1. The van der Waals surface area contributed by atoms with Crippen LogP contribution in [-0.2, 0) is 9.53 Å². The number of carboxylic acids is 1. The molecule has 21 heavy (non-hydrogen) atoms. The second-order valence-corrected chi connectivity index (χ2v) is 8.21. The predicted molar refractivity (Wildman–Crippen MR) is 70.0 cm³/mol. The molecule has 2 N–H and O–H groups in total. The summed E-state index contributed by atoms with van der Waals surface area (Å²) in [4.78, 5) is 22.5. The van der Waals surface area contributed by atoms with Crippen LogP contribution < -0.4 is 26.5 Å². The molecule has 0 bridgehead atoms. The third-order valence-electron chi connectivity index (χ3n) is 2.00. The van der Waals surface area contributed by atoms with Crippen LogP contribution in [0.2, 0.25) is 0 Å². The van der Waals surface area contributed by atoms with Crippen LogP contribution in [0.4, 0.5) is 13.6 Å². The molecule has 0 saturated heterocycles. The van der Waals surface area contributed by atoms with Crippen molar-refractivity contribution in [3.05, 3.63) is 12.7 Å². The Labute approximate surface area is 133 Å². The fraction of sp³-hybridized carbons (Fsp3) is 0.692. The normalized spacial score (nSPS) is 13.6. The van der Waals surface area contributed by atoms with Crippen molar-refractivity contribution >= 4 is 12.1 Å². The van der Waals surface area contributed by atoms with Crippen LogP contribution in [0.1, 0.15) is 33.6 Å². The van der Waals surface area contributed by atoms with Crippen LogP contribution in [0, 0.1) is 0 Å². The third kappa shape index (κ3) is 10.4. The number of hydrogen-bond donors (Lipinski definition) is 2. The van der Waals surface area contributed by atoms with Crippen molar-refractivity contribution in [3.63, 3.8) is 0 Å². The van der Waals surface area contributed by atoms with Gasteiger partial charge in [-0.2, -0.15) is 0 Å². The van der Waals surface area contributed by atoms with Gasteiger partial charge in [-0.05, 0) is 0 Å². The van der Waals surface area contributed by atoms with E-state index in [1.807, 2.05) is 0 Å². The molecule has 0 unspecified atom stereocenters. The Morgan fingerprint density at radius 2 is 2.00 bits per heavy atom. The van der Waals surface area contributed by atoms with E-state index in [-0.39, 0.29) is 12.8 Å². The van der Waals surface area contributed by atoms with Crippen LogP contribution in [0.25, 0.3) is 0 Å². The number of ether oxygens (including phenoxy) is 1. The summed E-state index contributed by atoms with van der Waals surface area (Å²) in [7, 11) is 0. The SMILES string of the molecule is C=CCCC(F)(F)C[I-][C@@H](NC(=O)OC(C)(C)C)C(=O)O. The number of carbonyl (C=O) groups is 2. The van der Waals surface area contributed by atoms with Gasteiger partial charge in [-0.25, -0.2) is 0 Å². The molecule has 0 aromatic rings. The number of aliphatic carboxylic acids is 1. The topological polar surface area (TPSA) is 75.6 Å². The zero-order valence-corrected chi connectivity index (χ0v) is 14.4. The maximum atomic E-state index is 13.5. The fourth-order valence-corrected chi connectivity index (χ4v) is 3.46. The van der Waals surface area contributed by atoms with Crippen LogP contribution in [-0.4, -0.2) is 37.2 Å². The molecule has 0 radical (unpaired) electrons. The average Bonchev–Trinajstić information content (AvgIpc) is 2.29. The van der Waals surface area contributed by atoms with Gasteiger partial charge >= 0.3 is 133 Å². The molecule has 124 valence electrons. The Balaban J connectivity index is 4.47. The van der Waals surface area contributed by atoms with E-state index in [2.05, 4.69) is 11.9 Å². The molecule has 0 saturated carbocycles. The van der Waals surface area contributed by atoms with Gasteiger partial charge < -0.3 is 0 Å². The minimum absolute atomic E-state index is 0.161. The Bertz CT molecular complexity index is 383. The maximum absolute atomic E-state index is 13.5. The van der Waals surface area contributed by atoms with Crippen LogP contribution in [0.15, 0.2) is 12.7 Å². The van der Waals surface area contributed by atoms with Crippen LogP contribution in [0.3, 0.4) is 0 Å². The van der Waals surface area contributed by atoms with Crippen molar-refractivity contribution in [2.45, 2.75) is 49.2 Å². The van der Waals surface area contributed by atoms with Crippen molar-refractivity contribution < 1.29 is 49.4 Å². The third-order valence-corrected chi connectivity index (χ3v) is 5.28.